The normalized spacial score (nSPS) is 10.7. The van der Waals surface area contributed by atoms with Gasteiger partial charge in [0.15, 0.2) is 0 Å². The molecule has 0 atom stereocenters. The van der Waals surface area contributed by atoms with Crippen molar-refractivity contribution in [1.29, 1.82) is 0 Å². The molecule has 0 amide bonds. The van der Waals surface area contributed by atoms with Crippen LogP contribution in [0.5, 0.6) is 0 Å². The summed E-state index contributed by atoms with van der Waals surface area (Å²) in [5, 5.41) is 0.859. The fourth-order valence-electron chi connectivity index (χ4n) is 3.19. The topological polar surface area (TPSA) is 74.7 Å². The SMILES string of the molecule is CCOC(=O)c1c(COC(=O)c2cccc(COC)c2)nc2ccccc2c1C. The lowest BCUT2D eigenvalue weighted by Crippen LogP contribution is -2.15. The van der Waals surface area contributed by atoms with Crippen molar-refractivity contribution in [2.24, 2.45) is 0 Å². The molecule has 0 aliphatic carbocycles. The number of ether oxygens (including phenoxy) is 3. The van der Waals surface area contributed by atoms with E-state index in [4.69, 9.17) is 14.2 Å². The molecule has 0 fully saturated rings. The first-order valence-corrected chi connectivity index (χ1v) is 9.35. The number of pyridine rings is 1. The largest absolute Gasteiger partial charge is 0.462 e. The summed E-state index contributed by atoms with van der Waals surface area (Å²) < 4.78 is 15.8. The first-order valence-electron chi connectivity index (χ1n) is 9.35. The van der Waals surface area contributed by atoms with Crippen LogP contribution in [-0.4, -0.2) is 30.6 Å². The van der Waals surface area contributed by atoms with Crippen LogP contribution in [-0.2, 0) is 27.4 Å². The maximum Gasteiger partial charge on any atom is 0.340 e. The van der Waals surface area contributed by atoms with Crippen LogP contribution in [0.15, 0.2) is 48.5 Å². The minimum Gasteiger partial charge on any atom is -0.462 e. The number of hydrogen-bond acceptors (Lipinski definition) is 6. The number of benzene rings is 2. The number of aryl methyl sites for hydroxylation is 1. The second-order valence-electron chi connectivity index (χ2n) is 6.51. The summed E-state index contributed by atoms with van der Waals surface area (Å²) >= 11 is 0. The first-order chi connectivity index (χ1) is 14.0. The summed E-state index contributed by atoms with van der Waals surface area (Å²) in [6.07, 6.45) is 0. The van der Waals surface area contributed by atoms with Gasteiger partial charge in [0.2, 0.25) is 0 Å². The molecule has 0 bridgehead atoms. The van der Waals surface area contributed by atoms with Gasteiger partial charge in [-0.25, -0.2) is 14.6 Å². The van der Waals surface area contributed by atoms with Gasteiger partial charge in [0.05, 0.1) is 35.6 Å². The number of carbonyl (C=O) groups is 2. The van der Waals surface area contributed by atoms with Crippen molar-refractivity contribution in [3.8, 4) is 0 Å². The third-order valence-electron chi connectivity index (χ3n) is 4.52. The zero-order valence-corrected chi connectivity index (χ0v) is 16.7. The van der Waals surface area contributed by atoms with E-state index in [0.29, 0.717) is 23.4 Å². The van der Waals surface area contributed by atoms with Gasteiger partial charge in [-0.05, 0) is 43.2 Å². The van der Waals surface area contributed by atoms with Crippen molar-refractivity contribution >= 4 is 22.8 Å². The van der Waals surface area contributed by atoms with Gasteiger partial charge >= 0.3 is 11.9 Å². The Kier molecular flexibility index (Phi) is 6.57. The Morgan fingerprint density at radius 3 is 2.52 bits per heavy atom. The quantitative estimate of drug-likeness (QED) is 0.560. The van der Waals surface area contributed by atoms with Gasteiger partial charge in [0, 0.05) is 12.5 Å². The van der Waals surface area contributed by atoms with Gasteiger partial charge in [0.1, 0.15) is 6.61 Å². The van der Waals surface area contributed by atoms with E-state index in [-0.39, 0.29) is 13.2 Å². The maximum atomic E-state index is 12.5. The Balaban J connectivity index is 1.90. The number of aromatic nitrogens is 1. The minimum absolute atomic E-state index is 0.132. The number of fused-ring (bicyclic) bond motifs is 1. The van der Waals surface area contributed by atoms with E-state index in [2.05, 4.69) is 4.98 Å². The molecule has 0 radical (unpaired) electrons. The van der Waals surface area contributed by atoms with Gasteiger partial charge in [-0.1, -0.05) is 30.3 Å². The molecule has 0 saturated carbocycles. The third kappa shape index (κ3) is 4.60. The molecule has 2 aromatic carbocycles. The Morgan fingerprint density at radius 1 is 0.966 bits per heavy atom. The molecule has 3 aromatic rings. The number of carbonyl (C=O) groups excluding carboxylic acids is 2. The zero-order valence-electron chi connectivity index (χ0n) is 16.7. The molecule has 0 aliphatic rings. The van der Waals surface area contributed by atoms with Gasteiger partial charge in [-0.2, -0.15) is 0 Å². The van der Waals surface area contributed by atoms with Crippen LogP contribution in [0.3, 0.4) is 0 Å². The summed E-state index contributed by atoms with van der Waals surface area (Å²) in [5.41, 5.74) is 3.48. The summed E-state index contributed by atoms with van der Waals surface area (Å²) in [6.45, 7) is 4.10. The van der Waals surface area contributed by atoms with Crippen LogP contribution >= 0.6 is 0 Å². The second-order valence-corrected chi connectivity index (χ2v) is 6.51. The van der Waals surface area contributed by atoms with Crippen molar-refractivity contribution in [3.63, 3.8) is 0 Å². The average Bonchev–Trinajstić information content (AvgIpc) is 2.72. The summed E-state index contributed by atoms with van der Waals surface area (Å²) in [7, 11) is 1.59. The monoisotopic (exact) mass is 393 g/mol. The van der Waals surface area contributed by atoms with Gasteiger partial charge < -0.3 is 14.2 Å². The van der Waals surface area contributed by atoms with E-state index < -0.39 is 11.9 Å². The standard InChI is InChI=1S/C23H23NO5/c1-4-28-23(26)21-15(2)18-10-5-6-11-19(18)24-20(21)14-29-22(25)17-9-7-8-16(12-17)13-27-3/h5-12H,4,13-14H2,1-3H3. The Hall–Kier alpha value is -3.25. The van der Waals surface area contributed by atoms with Gasteiger partial charge in [-0.15, -0.1) is 0 Å². The highest BCUT2D eigenvalue weighted by Gasteiger charge is 2.21. The Bertz CT molecular complexity index is 1040. The lowest BCUT2D eigenvalue weighted by molar-refractivity contribution is 0.0444. The predicted molar refractivity (Wildman–Crippen MR) is 109 cm³/mol. The molecular formula is C23H23NO5. The minimum atomic E-state index is -0.495. The predicted octanol–water partition coefficient (Wildman–Crippen LogP) is 4.22. The third-order valence-corrected chi connectivity index (χ3v) is 4.52. The highest BCUT2D eigenvalue weighted by atomic mass is 16.5. The van der Waals surface area contributed by atoms with E-state index >= 15 is 0 Å². The Labute approximate surface area is 169 Å². The van der Waals surface area contributed by atoms with Crippen molar-refractivity contribution in [1.82, 2.24) is 4.98 Å². The number of esters is 2. The van der Waals surface area contributed by atoms with Crippen LogP contribution < -0.4 is 0 Å². The molecule has 29 heavy (non-hydrogen) atoms. The highest BCUT2D eigenvalue weighted by Crippen LogP contribution is 2.24. The van der Waals surface area contributed by atoms with Crippen LogP contribution in [0.2, 0.25) is 0 Å². The molecule has 1 heterocycles. The number of rotatable bonds is 7. The lowest BCUT2D eigenvalue weighted by Gasteiger charge is -2.14. The molecule has 3 rings (SSSR count). The van der Waals surface area contributed by atoms with Gasteiger partial charge in [0.25, 0.3) is 0 Å². The van der Waals surface area contributed by atoms with Crippen LogP contribution in [0.1, 0.15) is 44.5 Å². The number of nitrogens with zero attached hydrogens (tertiary/aromatic N) is 1. The summed E-state index contributed by atoms with van der Waals surface area (Å²) in [6, 6.07) is 14.5. The first kappa shape index (κ1) is 20.5. The molecule has 150 valence electrons. The molecule has 0 aliphatic heterocycles. The fraction of sp³-hybridized carbons (Fsp3) is 0.261. The molecule has 0 N–H and O–H groups in total. The molecule has 0 saturated heterocycles. The number of hydrogen-bond donors (Lipinski definition) is 0. The zero-order chi connectivity index (χ0) is 20.8. The molecule has 6 heteroatoms. The van der Waals surface area contributed by atoms with Crippen molar-refractivity contribution in [2.45, 2.75) is 27.1 Å². The van der Waals surface area contributed by atoms with Crippen molar-refractivity contribution in [3.05, 3.63) is 76.5 Å². The van der Waals surface area contributed by atoms with E-state index in [1.807, 2.05) is 37.3 Å². The number of methoxy groups -OCH3 is 1. The average molecular weight is 393 g/mol. The molecule has 0 spiro atoms. The fourth-order valence-corrected chi connectivity index (χ4v) is 3.19. The molecule has 6 nitrogen and oxygen atoms in total. The van der Waals surface area contributed by atoms with Crippen LogP contribution in [0.25, 0.3) is 10.9 Å². The van der Waals surface area contributed by atoms with E-state index in [9.17, 15) is 9.59 Å². The molecular weight excluding hydrogens is 370 g/mol. The maximum absolute atomic E-state index is 12.5. The van der Waals surface area contributed by atoms with Crippen LogP contribution in [0.4, 0.5) is 0 Å². The smallest absolute Gasteiger partial charge is 0.340 e. The van der Waals surface area contributed by atoms with Crippen molar-refractivity contribution in [2.75, 3.05) is 13.7 Å². The lowest BCUT2D eigenvalue weighted by atomic mass is 10.0. The van der Waals surface area contributed by atoms with Crippen molar-refractivity contribution < 1.29 is 23.8 Å². The van der Waals surface area contributed by atoms with Crippen LogP contribution in [0, 0.1) is 6.92 Å². The highest BCUT2D eigenvalue weighted by molar-refractivity contribution is 5.98. The molecule has 1 aromatic heterocycles. The second kappa shape index (κ2) is 9.30. The number of para-hydroxylation sites is 1. The van der Waals surface area contributed by atoms with Gasteiger partial charge in [-0.3, -0.25) is 0 Å². The van der Waals surface area contributed by atoms with E-state index in [1.54, 1.807) is 32.2 Å². The summed E-state index contributed by atoms with van der Waals surface area (Å²) in [4.78, 5) is 29.6. The Morgan fingerprint density at radius 2 is 1.76 bits per heavy atom. The molecule has 0 unspecified atom stereocenters. The van der Waals surface area contributed by atoms with E-state index in [0.717, 1.165) is 22.0 Å². The van der Waals surface area contributed by atoms with E-state index in [1.165, 1.54) is 0 Å². The summed E-state index contributed by atoms with van der Waals surface area (Å²) in [5.74, 6) is -0.971.